The van der Waals surface area contributed by atoms with Crippen molar-refractivity contribution in [2.24, 2.45) is 0 Å². The molecule has 1 atom stereocenters. The number of benzene rings is 2. The number of para-hydroxylation sites is 1. The van der Waals surface area contributed by atoms with Crippen LogP contribution in [0.2, 0.25) is 0 Å². The summed E-state index contributed by atoms with van der Waals surface area (Å²) < 4.78 is 8.15. The molecular weight excluding hydrogens is 284 g/mol. The minimum absolute atomic E-state index is 0.0107. The number of nitrogens with zero attached hydrogens (tertiary/aromatic N) is 2. The molecule has 1 saturated heterocycles. The van der Waals surface area contributed by atoms with Gasteiger partial charge >= 0.3 is 0 Å². The van der Waals surface area contributed by atoms with Crippen LogP contribution in [0.4, 0.5) is 5.69 Å². The Hall–Kier alpha value is -2.52. The second kappa shape index (κ2) is 5.94. The summed E-state index contributed by atoms with van der Waals surface area (Å²) in [4.78, 5) is 2.32. The molecule has 3 nitrogen and oxygen atoms in total. The van der Waals surface area contributed by atoms with Crippen LogP contribution in [-0.4, -0.2) is 17.7 Å². The Kier molecular flexibility index (Phi) is 3.64. The zero-order valence-corrected chi connectivity index (χ0v) is 13.2. The van der Waals surface area contributed by atoms with Crippen LogP contribution < -0.4 is 4.90 Å². The van der Waals surface area contributed by atoms with Crippen LogP contribution in [-0.2, 0) is 4.74 Å². The molecule has 1 aliphatic heterocycles. The number of hydrogen-bond donors (Lipinski definition) is 0. The molecule has 4 rings (SSSR count). The first kappa shape index (κ1) is 14.1. The zero-order valence-electron chi connectivity index (χ0n) is 13.2. The standard InChI is InChI=1S/C20H20N2O/c1-16-6-5-9-19(14-16)21-11-10-17(15-21)20-22(12-13-23-20)18-7-3-2-4-8-18/h2-11,14-15,20H,12-13H2,1H3/t20-/m0/s1. The number of rotatable bonds is 3. The van der Waals surface area contributed by atoms with Gasteiger partial charge in [-0.25, -0.2) is 0 Å². The molecule has 0 unspecified atom stereocenters. The Labute approximate surface area is 136 Å². The first-order valence-corrected chi connectivity index (χ1v) is 7.99. The number of ether oxygens (including phenoxy) is 1. The lowest BCUT2D eigenvalue weighted by Gasteiger charge is -2.24. The van der Waals surface area contributed by atoms with E-state index in [0.717, 1.165) is 13.2 Å². The van der Waals surface area contributed by atoms with E-state index in [0.29, 0.717) is 0 Å². The predicted molar refractivity (Wildman–Crippen MR) is 93.0 cm³/mol. The molecule has 1 aliphatic rings. The van der Waals surface area contributed by atoms with Gasteiger partial charge in [-0.1, -0.05) is 30.3 Å². The number of hydrogen-bond acceptors (Lipinski definition) is 2. The number of aromatic nitrogens is 1. The van der Waals surface area contributed by atoms with Crippen molar-refractivity contribution in [3.05, 3.63) is 84.2 Å². The van der Waals surface area contributed by atoms with Crippen LogP contribution in [0.5, 0.6) is 0 Å². The second-order valence-electron chi connectivity index (χ2n) is 5.94. The monoisotopic (exact) mass is 304 g/mol. The van der Waals surface area contributed by atoms with Crippen molar-refractivity contribution >= 4 is 5.69 Å². The molecule has 0 amide bonds. The molecule has 3 aromatic rings. The van der Waals surface area contributed by atoms with Crippen LogP contribution in [0, 0.1) is 6.92 Å². The van der Waals surface area contributed by atoms with Crippen molar-refractivity contribution in [3.8, 4) is 5.69 Å². The third kappa shape index (κ3) is 2.76. The maximum Gasteiger partial charge on any atom is 0.158 e. The van der Waals surface area contributed by atoms with Crippen LogP contribution in [0.25, 0.3) is 5.69 Å². The topological polar surface area (TPSA) is 17.4 Å². The third-order valence-corrected chi connectivity index (χ3v) is 4.28. The highest BCUT2D eigenvalue weighted by atomic mass is 16.5. The summed E-state index contributed by atoms with van der Waals surface area (Å²) in [6.07, 6.45) is 4.26. The molecule has 23 heavy (non-hydrogen) atoms. The average Bonchev–Trinajstić information content (AvgIpc) is 3.25. The largest absolute Gasteiger partial charge is 0.352 e. The van der Waals surface area contributed by atoms with Crippen LogP contribution in [0.15, 0.2) is 73.1 Å². The maximum atomic E-state index is 5.99. The highest BCUT2D eigenvalue weighted by Crippen LogP contribution is 2.32. The molecule has 116 valence electrons. The Balaban J connectivity index is 1.63. The van der Waals surface area contributed by atoms with Crippen LogP contribution in [0.3, 0.4) is 0 Å². The maximum absolute atomic E-state index is 5.99. The molecule has 0 radical (unpaired) electrons. The Morgan fingerprint density at radius 3 is 2.61 bits per heavy atom. The lowest BCUT2D eigenvalue weighted by atomic mass is 10.2. The number of anilines is 1. The average molecular weight is 304 g/mol. The quantitative estimate of drug-likeness (QED) is 0.717. The van der Waals surface area contributed by atoms with E-state index in [1.807, 2.05) is 6.07 Å². The molecule has 1 fully saturated rings. The van der Waals surface area contributed by atoms with Crippen LogP contribution >= 0.6 is 0 Å². The van der Waals surface area contributed by atoms with Gasteiger partial charge in [0.25, 0.3) is 0 Å². The van der Waals surface area contributed by atoms with Crippen molar-refractivity contribution in [2.75, 3.05) is 18.1 Å². The molecule has 0 aliphatic carbocycles. The summed E-state index contributed by atoms with van der Waals surface area (Å²) in [7, 11) is 0. The van der Waals surface area contributed by atoms with E-state index in [1.165, 1.54) is 22.5 Å². The van der Waals surface area contributed by atoms with Gasteiger partial charge in [-0.05, 0) is 42.8 Å². The summed E-state index contributed by atoms with van der Waals surface area (Å²) in [6, 6.07) is 21.1. The molecule has 2 heterocycles. The van der Waals surface area contributed by atoms with E-state index in [-0.39, 0.29) is 6.23 Å². The first-order valence-electron chi connectivity index (χ1n) is 7.99. The predicted octanol–water partition coefficient (Wildman–Crippen LogP) is 4.32. The van der Waals surface area contributed by atoms with E-state index in [1.54, 1.807) is 0 Å². The summed E-state index contributed by atoms with van der Waals surface area (Å²) >= 11 is 0. The first-order chi connectivity index (χ1) is 11.3. The van der Waals surface area contributed by atoms with Crippen molar-refractivity contribution in [3.63, 3.8) is 0 Å². The molecule has 0 saturated carbocycles. The van der Waals surface area contributed by atoms with E-state index in [4.69, 9.17) is 4.74 Å². The van der Waals surface area contributed by atoms with Gasteiger partial charge in [0.05, 0.1) is 6.61 Å². The molecule has 0 spiro atoms. The summed E-state index contributed by atoms with van der Waals surface area (Å²) in [6.45, 7) is 3.80. The lowest BCUT2D eigenvalue weighted by Crippen LogP contribution is -2.22. The minimum Gasteiger partial charge on any atom is -0.352 e. The van der Waals surface area contributed by atoms with Gasteiger partial charge in [0, 0.05) is 35.9 Å². The van der Waals surface area contributed by atoms with Crippen molar-refractivity contribution in [2.45, 2.75) is 13.2 Å². The highest BCUT2D eigenvalue weighted by Gasteiger charge is 2.27. The molecule has 0 bridgehead atoms. The van der Waals surface area contributed by atoms with Gasteiger partial charge < -0.3 is 14.2 Å². The smallest absolute Gasteiger partial charge is 0.158 e. The molecule has 0 N–H and O–H groups in total. The SMILES string of the molecule is Cc1cccc(-n2ccc([C@@H]3OCCN3c3ccccc3)c2)c1. The van der Waals surface area contributed by atoms with Gasteiger partial charge in [-0.2, -0.15) is 0 Å². The van der Waals surface area contributed by atoms with Gasteiger partial charge in [0.2, 0.25) is 0 Å². The summed E-state index contributed by atoms with van der Waals surface area (Å²) in [5.74, 6) is 0. The Morgan fingerprint density at radius 1 is 0.957 bits per heavy atom. The van der Waals surface area contributed by atoms with Gasteiger partial charge in [-0.3, -0.25) is 0 Å². The molecular formula is C20H20N2O. The molecule has 1 aromatic heterocycles. The van der Waals surface area contributed by atoms with E-state index in [2.05, 4.69) is 83.4 Å². The fraction of sp³-hybridized carbons (Fsp3) is 0.200. The van der Waals surface area contributed by atoms with Crippen molar-refractivity contribution in [1.29, 1.82) is 0 Å². The molecule has 2 aromatic carbocycles. The van der Waals surface area contributed by atoms with Crippen molar-refractivity contribution in [1.82, 2.24) is 4.57 Å². The number of aryl methyl sites for hydroxylation is 1. The van der Waals surface area contributed by atoms with E-state index < -0.39 is 0 Å². The van der Waals surface area contributed by atoms with Gasteiger partial charge in [-0.15, -0.1) is 0 Å². The van der Waals surface area contributed by atoms with Crippen molar-refractivity contribution < 1.29 is 4.74 Å². The van der Waals surface area contributed by atoms with Gasteiger partial charge in [0.1, 0.15) is 0 Å². The second-order valence-corrected chi connectivity index (χ2v) is 5.94. The highest BCUT2D eigenvalue weighted by molar-refractivity contribution is 5.49. The lowest BCUT2D eigenvalue weighted by molar-refractivity contribution is 0.114. The minimum atomic E-state index is -0.0107. The normalized spacial score (nSPS) is 17.6. The summed E-state index contributed by atoms with van der Waals surface area (Å²) in [5, 5.41) is 0. The summed E-state index contributed by atoms with van der Waals surface area (Å²) in [5.41, 5.74) is 4.84. The Morgan fingerprint density at radius 2 is 1.78 bits per heavy atom. The van der Waals surface area contributed by atoms with E-state index in [9.17, 15) is 0 Å². The Bertz CT molecular complexity index is 794. The van der Waals surface area contributed by atoms with E-state index >= 15 is 0 Å². The zero-order chi connectivity index (χ0) is 15.6. The van der Waals surface area contributed by atoms with Crippen LogP contribution in [0.1, 0.15) is 17.4 Å². The fourth-order valence-electron chi connectivity index (χ4n) is 3.14. The third-order valence-electron chi connectivity index (χ3n) is 4.28. The fourth-order valence-corrected chi connectivity index (χ4v) is 3.14. The molecule has 3 heteroatoms. The van der Waals surface area contributed by atoms with Gasteiger partial charge in [0.15, 0.2) is 6.23 Å².